The number of methoxy groups -OCH3 is 1. The van der Waals surface area contributed by atoms with E-state index in [0.29, 0.717) is 29.7 Å². The molecule has 0 saturated heterocycles. The summed E-state index contributed by atoms with van der Waals surface area (Å²) in [6.45, 7) is 0.917. The smallest absolute Gasteiger partial charge is 0.163 e. The van der Waals surface area contributed by atoms with Gasteiger partial charge in [0.25, 0.3) is 0 Å². The van der Waals surface area contributed by atoms with Gasteiger partial charge in [-0.1, -0.05) is 41.9 Å². The van der Waals surface area contributed by atoms with Crippen molar-refractivity contribution in [3.63, 3.8) is 0 Å². The summed E-state index contributed by atoms with van der Waals surface area (Å²) in [5.41, 5.74) is 2.73. The van der Waals surface area contributed by atoms with Gasteiger partial charge in [0.1, 0.15) is 12.4 Å². The molecule has 0 aliphatic rings. The molecule has 0 aromatic heterocycles. The summed E-state index contributed by atoms with van der Waals surface area (Å²) in [6.07, 6.45) is 0. The molecule has 3 nitrogen and oxygen atoms in total. The molecule has 0 saturated carbocycles. The summed E-state index contributed by atoms with van der Waals surface area (Å²) >= 11 is 6.40. The number of halogens is 2. The number of hydrogen-bond donors (Lipinski definition) is 1. The molecule has 134 valence electrons. The fraction of sp³-hybridized carbons (Fsp3) is 0.143. The van der Waals surface area contributed by atoms with Crippen molar-refractivity contribution in [3.8, 4) is 11.5 Å². The quantitative estimate of drug-likeness (QED) is 0.579. The maximum absolute atomic E-state index is 13.0. The molecule has 0 unspecified atom stereocenters. The first-order valence-electron chi connectivity index (χ1n) is 8.18. The van der Waals surface area contributed by atoms with Crippen LogP contribution in [0.2, 0.25) is 5.02 Å². The van der Waals surface area contributed by atoms with Crippen LogP contribution >= 0.6 is 11.6 Å². The molecule has 0 bridgehead atoms. The standard InChI is InChI=1S/C21H19ClFNO2/c1-25-20-11-16(13-24-18-9-7-17(23)8-10-18)19(22)12-21(20)26-14-15-5-3-2-4-6-15/h2-12,24H,13-14H2,1H3. The second-order valence-corrected chi connectivity index (χ2v) is 6.14. The van der Waals surface area contributed by atoms with E-state index >= 15 is 0 Å². The third kappa shape index (κ3) is 4.67. The van der Waals surface area contributed by atoms with E-state index in [-0.39, 0.29) is 5.82 Å². The van der Waals surface area contributed by atoms with E-state index in [2.05, 4.69) is 5.32 Å². The minimum atomic E-state index is -0.268. The van der Waals surface area contributed by atoms with Gasteiger partial charge in [-0.3, -0.25) is 0 Å². The third-order valence-electron chi connectivity index (χ3n) is 3.90. The predicted octanol–water partition coefficient (Wildman–Crippen LogP) is 5.68. The molecule has 0 amide bonds. The van der Waals surface area contributed by atoms with Crippen molar-refractivity contribution in [3.05, 3.63) is 88.7 Å². The maximum atomic E-state index is 13.0. The molecule has 5 heteroatoms. The SMILES string of the molecule is COc1cc(CNc2ccc(F)cc2)c(Cl)cc1OCc1ccccc1. The van der Waals surface area contributed by atoms with Crippen molar-refractivity contribution in [1.29, 1.82) is 0 Å². The third-order valence-corrected chi connectivity index (χ3v) is 4.25. The van der Waals surface area contributed by atoms with E-state index in [1.54, 1.807) is 25.3 Å². The van der Waals surface area contributed by atoms with Crippen LogP contribution in [0.15, 0.2) is 66.7 Å². The zero-order valence-electron chi connectivity index (χ0n) is 14.3. The van der Waals surface area contributed by atoms with Gasteiger partial charge in [-0.05, 0) is 41.5 Å². The zero-order valence-corrected chi connectivity index (χ0v) is 15.1. The highest BCUT2D eigenvalue weighted by Gasteiger charge is 2.11. The van der Waals surface area contributed by atoms with Gasteiger partial charge in [0, 0.05) is 23.3 Å². The van der Waals surface area contributed by atoms with Gasteiger partial charge in [-0.15, -0.1) is 0 Å². The van der Waals surface area contributed by atoms with Gasteiger partial charge in [-0.25, -0.2) is 4.39 Å². The molecule has 0 spiro atoms. The van der Waals surface area contributed by atoms with E-state index in [1.807, 2.05) is 36.4 Å². The van der Waals surface area contributed by atoms with Crippen molar-refractivity contribution in [2.24, 2.45) is 0 Å². The van der Waals surface area contributed by atoms with Crippen LogP contribution in [-0.2, 0) is 13.2 Å². The monoisotopic (exact) mass is 371 g/mol. The molecule has 0 fully saturated rings. The van der Waals surface area contributed by atoms with Gasteiger partial charge < -0.3 is 14.8 Å². The van der Waals surface area contributed by atoms with Crippen molar-refractivity contribution in [2.75, 3.05) is 12.4 Å². The number of hydrogen-bond acceptors (Lipinski definition) is 3. The van der Waals surface area contributed by atoms with Crippen LogP contribution in [0.5, 0.6) is 11.5 Å². The van der Waals surface area contributed by atoms with Crippen LogP contribution in [0.4, 0.5) is 10.1 Å². The summed E-state index contributed by atoms with van der Waals surface area (Å²) in [7, 11) is 1.59. The second-order valence-electron chi connectivity index (χ2n) is 5.73. The second kappa shape index (κ2) is 8.59. The first kappa shape index (κ1) is 18.1. The minimum Gasteiger partial charge on any atom is -0.493 e. The van der Waals surface area contributed by atoms with E-state index in [1.165, 1.54) is 12.1 Å². The van der Waals surface area contributed by atoms with E-state index in [9.17, 15) is 4.39 Å². The largest absolute Gasteiger partial charge is 0.493 e. The average molecular weight is 372 g/mol. The lowest BCUT2D eigenvalue weighted by atomic mass is 10.2. The molecule has 1 N–H and O–H groups in total. The Balaban J connectivity index is 1.70. The van der Waals surface area contributed by atoms with Crippen LogP contribution in [0, 0.1) is 5.82 Å². The van der Waals surface area contributed by atoms with E-state index in [0.717, 1.165) is 16.8 Å². The molecule has 0 radical (unpaired) electrons. The van der Waals surface area contributed by atoms with Crippen LogP contribution in [0.3, 0.4) is 0 Å². The van der Waals surface area contributed by atoms with Crippen molar-refractivity contribution >= 4 is 17.3 Å². The first-order chi connectivity index (χ1) is 12.7. The fourth-order valence-corrected chi connectivity index (χ4v) is 2.71. The number of anilines is 1. The van der Waals surface area contributed by atoms with Gasteiger partial charge in [-0.2, -0.15) is 0 Å². The summed E-state index contributed by atoms with van der Waals surface area (Å²) in [4.78, 5) is 0. The van der Waals surface area contributed by atoms with Gasteiger partial charge in [0.15, 0.2) is 11.5 Å². The molecular formula is C21H19ClFNO2. The topological polar surface area (TPSA) is 30.5 Å². The van der Waals surface area contributed by atoms with E-state index < -0.39 is 0 Å². The van der Waals surface area contributed by atoms with Gasteiger partial charge in [0.2, 0.25) is 0 Å². The van der Waals surface area contributed by atoms with Crippen LogP contribution in [0.25, 0.3) is 0 Å². The number of ether oxygens (including phenoxy) is 2. The zero-order chi connectivity index (χ0) is 18.4. The summed E-state index contributed by atoms with van der Waals surface area (Å²) < 4.78 is 24.3. The molecule has 0 aliphatic carbocycles. The van der Waals surface area contributed by atoms with Crippen LogP contribution in [0.1, 0.15) is 11.1 Å². The highest BCUT2D eigenvalue weighted by atomic mass is 35.5. The lowest BCUT2D eigenvalue weighted by Crippen LogP contribution is -2.03. The van der Waals surface area contributed by atoms with Gasteiger partial charge >= 0.3 is 0 Å². The Kier molecular flexibility index (Phi) is 5.97. The lowest BCUT2D eigenvalue weighted by Gasteiger charge is -2.15. The van der Waals surface area contributed by atoms with Crippen LogP contribution in [-0.4, -0.2) is 7.11 Å². The summed E-state index contributed by atoms with van der Waals surface area (Å²) in [6, 6.07) is 19.7. The normalized spacial score (nSPS) is 10.4. The van der Waals surface area contributed by atoms with Gasteiger partial charge in [0.05, 0.1) is 7.11 Å². The Labute approximate surface area is 157 Å². The number of nitrogens with one attached hydrogen (secondary N) is 1. The average Bonchev–Trinajstić information content (AvgIpc) is 2.67. The Hall–Kier alpha value is -2.72. The van der Waals surface area contributed by atoms with Crippen LogP contribution < -0.4 is 14.8 Å². The number of rotatable bonds is 7. The highest BCUT2D eigenvalue weighted by molar-refractivity contribution is 6.31. The predicted molar refractivity (Wildman–Crippen MR) is 103 cm³/mol. The Morgan fingerprint density at radius 2 is 1.69 bits per heavy atom. The summed E-state index contributed by atoms with van der Waals surface area (Å²) in [5.74, 6) is 0.934. The summed E-state index contributed by atoms with van der Waals surface area (Å²) in [5, 5.41) is 3.78. The lowest BCUT2D eigenvalue weighted by molar-refractivity contribution is 0.284. The molecule has 3 aromatic carbocycles. The minimum absolute atomic E-state index is 0.268. The molecule has 3 aromatic rings. The maximum Gasteiger partial charge on any atom is 0.163 e. The van der Waals surface area contributed by atoms with Crippen molar-refractivity contribution in [2.45, 2.75) is 13.2 Å². The van der Waals surface area contributed by atoms with Crippen molar-refractivity contribution in [1.82, 2.24) is 0 Å². The first-order valence-corrected chi connectivity index (χ1v) is 8.56. The highest BCUT2D eigenvalue weighted by Crippen LogP contribution is 2.34. The molecule has 3 rings (SSSR count). The van der Waals surface area contributed by atoms with E-state index in [4.69, 9.17) is 21.1 Å². The Morgan fingerprint density at radius 1 is 0.962 bits per heavy atom. The Bertz CT molecular complexity index is 854. The molecule has 0 heterocycles. The fourth-order valence-electron chi connectivity index (χ4n) is 2.49. The van der Waals surface area contributed by atoms with Crippen molar-refractivity contribution < 1.29 is 13.9 Å². The molecule has 0 aliphatic heterocycles. The molecule has 0 atom stereocenters. The number of benzene rings is 3. The molecule has 26 heavy (non-hydrogen) atoms. The Morgan fingerprint density at radius 3 is 2.38 bits per heavy atom. The molecular weight excluding hydrogens is 353 g/mol.